The Bertz CT molecular complexity index is 668. The maximum absolute atomic E-state index is 12.5. The minimum absolute atomic E-state index is 0.153. The highest BCUT2D eigenvalue weighted by Gasteiger charge is 2.37. The number of aryl methyl sites for hydroxylation is 1. The molecule has 0 spiro atoms. The molecule has 2 rings (SSSR count). The van der Waals surface area contributed by atoms with E-state index in [-0.39, 0.29) is 5.91 Å². The molecule has 1 aliphatic rings. The van der Waals surface area contributed by atoms with E-state index in [0.29, 0.717) is 45.4 Å². The number of nitrogens with zero attached hydrogens (tertiary/aromatic N) is 1. The molecule has 0 bridgehead atoms. The Morgan fingerprint density at radius 1 is 1.23 bits per heavy atom. The quantitative estimate of drug-likeness (QED) is 0.708. The van der Waals surface area contributed by atoms with Gasteiger partial charge in [0, 0.05) is 38.8 Å². The molecule has 0 atom stereocenters. The molecule has 1 aliphatic heterocycles. The summed E-state index contributed by atoms with van der Waals surface area (Å²) in [5.41, 5.74) is 0.736. The van der Waals surface area contributed by atoms with Crippen molar-refractivity contribution >= 4 is 15.9 Å². The normalized spacial score (nSPS) is 17.2. The summed E-state index contributed by atoms with van der Waals surface area (Å²) in [5.74, 6) is 0.153. The topological polar surface area (TPSA) is 75.7 Å². The van der Waals surface area contributed by atoms with Crippen LogP contribution in [0, 0.1) is 0 Å². The first kappa shape index (κ1) is 20.9. The first-order chi connectivity index (χ1) is 12.3. The van der Waals surface area contributed by atoms with Crippen LogP contribution in [0.2, 0.25) is 0 Å². The Labute approximate surface area is 157 Å². The van der Waals surface area contributed by atoms with Gasteiger partial charge < -0.3 is 9.64 Å². The highest BCUT2D eigenvalue weighted by Crippen LogP contribution is 2.27. The molecule has 1 fully saturated rings. The smallest absolute Gasteiger partial charge is 0.222 e. The summed E-state index contributed by atoms with van der Waals surface area (Å²) in [6.07, 6.45) is 5.29. The maximum Gasteiger partial charge on any atom is 0.222 e. The molecule has 0 aromatic heterocycles. The molecule has 1 aromatic rings. The Kier molecular flexibility index (Phi) is 7.61. The third-order valence-corrected chi connectivity index (χ3v) is 5.76. The van der Waals surface area contributed by atoms with Crippen LogP contribution in [0.25, 0.3) is 0 Å². The van der Waals surface area contributed by atoms with Gasteiger partial charge in [0.15, 0.2) is 0 Å². The van der Waals surface area contributed by atoms with Gasteiger partial charge in [0.2, 0.25) is 15.9 Å². The lowest BCUT2D eigenvalue weighted by atomic mass is 9.85. The molecule has 1 N–H and O–H groups in total. The number of hydrogen-bond acceptors (Lipinski definition) is 4. The highest BCUT2D eigenvalue weighted by molar-refractivity contribution is 7.88. The Morgan fingerprint density at radius 2 is 1.88 bits per heavy atom. The van der Waals surface area contributed by atoms with Crippen LogP contribution in [-0.2, 0) is 26.0 Å². The lowest BCUT2D eigenvalue weighted by Gasteiger charge is -2.42. The van der Waals surface area contributed by atoms with Crippen molar-refractivity contribution in [3.05, 3.63) is 35.9 Å². The number of nitrogens with one attached hydrogen (secondary N) is 1. The van der Waals surface area contributed by atoms with E-state index in [1.54, 1.807) is 7.11 Å². The molecule has 0 saturated carbocycles. The third-order valence-electron chi connectivity index (χ3n) is 4.96. The molecule has 1 amide bonds. The van der Waals surface area contributed by atoms with Crippen molar-refractivity contribution in [2.45, 2.75) is 44.1 Å². The van der Waals surface area contributed by atoms with Crippen LogP contribution < -0.4 is 4.72 Å². The summed E-state index contributed by atoms with van der Waals surface area (Å²) < 4.78 is 31.4. The third kappa shape index (κ3) is 6.70. The Balaban J connectivity index is 1.83. The standard InChI is InChI=1S/C19H30N2O4S/c1-25-16-13-19(20-26(2,23)24)11-14-21(15-12-19)18(22)10-6-9-17-7-4-3-5-8-17/h3-5,7-8,20H,6,9-16H2,1-2H3. The fourth-order valence-electron chi connectivity index (χ4n) is 3.52. The van der Waals surface area contributed by atoms with Crippen molar-refractivity contribution in [2.24, 2.45) is 0 Å². The van der Waals surface area contributed by atoms with Gasteiger partial charge in [-0.05, 0) is 37.7 Å². The molecule has 0 aliphatic carbocycles. The number of ether oxygens (including phenoxy) is 1. The number of amides is 1. The highest BCUT2D eigenvalue weighted by atomic mass is 32.2. The maximum atomic E-state index is 12.5. The van der Waals surface area contributed by atoms with E-state index in [1.165, 1.54) is 11.8 Å². The number of carbonyl (C=O) groups is 1. The number of methoxy groups -OCH3 is 1. The van der Waals surface area contributed by atoms with Crippen molar-refractivity contribution in [1.82, 2.24) is 9.62 Å². The van der Waals surface area contributed by atoms with Crippen LogP contribution in [-0.4, -0.2) is 57.8 Å². The predicted octanol–water partition coefficient (Wildman–Crippen LogP) is 1.96. The number of piperidine rings is 1. The zero-order chi connectivity index (χ0) is 19.0. The Morgan fingerprint density at radius 3 is 2.46 bits per heavy atom. The first-order valence-electron chi connectivity index (χ1n) is 9.13. The summed E-state index contributed by atoms with van der Waals surface area (Å²) >= 11 is 0. The van der Waals surface area contributed by atoms with Gasteiger partial charge >= 0.3 is 0 Å². The van der Waals surface area contributed by atoms with Gasteiger partial charge in [-0.15, -0.1) is 0 Å². The average molecular weight is 383 g/mol. The largest absolute Gasteiger partial charge is 0.385 e. The van der Waals surface area contributed by atoms with Gasteiger partial charge in [0.25, 0.3) is 0 Å². The number of hydrogen-bond donors (Lipinski definition) is 1. The number of rotatable bonds is 9. The zero-order valence-corrected chi connectivity index (χ0v) is 16.6. The average Bonchev–Trinajstić information content (AvgIpc) is 2.60. The van der Waals surface area contributed by atoms with Gasteiger partial charge in [-0.25, -0.2) is 13.1 Å². The van der Waals surface area contributed by atoms with Crippen LogP contribution >= 0.6 is 0 Å². The van der Waals surface area contributed by atoms with Gasteiger partial charge in [-0.3, -0.25) is 4.79 Å². The second-order valence-corrected chi connectivity index (χ2v) is 8.87. The molecule has 7 heteroatoms. The molecule has 0 radical (unpaired) electrons. The van der Waals surface area contributed by atoms with Crippen molar-refractivity contribution in [2.75, 3.05) is 33.1 Å². The van der Waals surface area contributed by atoms with Crippen molar-refractivity contribution in [3.8, 4) is 0 Å². The van der Waals surface area contributed by atoms with Crippen LogP contribution in [0.15, 0.2) is 30.3 Å². The second-order valence-electron chi connectivity index (χ2n) is 7.12. The fourth-order valence-corrected chi connectivity index (χ4v) is 4.62. The van der Waals surface area contributed by atoms with Crippen LogP contribution in [0.1, 0.15) is 37.7 Å². The van der Waals surface area contributed by atoms with Crippen LogP contribution in [0.5, 0.6) is 0 Å². The monoisotopic (exact) mass is 382 g/mol. The van der Waals surface area contributed by atoms with E-state index in [1.807, 2.05) is 23.1 Å². The number of benzene rings is 1. The van der Waals surface area contributed by atoms with Crippen LogP contribution in [0.4, 0.5) is 0 Å². The predicted molar refractivity (Wildman–Crippen MR) is 102 cm³/mol. The van der Waals surface area contributed by atoms with Crippen molar-refractivity contribution in [3.63, 3.8) is 0 Å². The SMILES string of the molecule is COCCC1(NS(C)(=O)=O)CCN(C(=O)CCCc2ccccc2)CC1. The molecule has 1 heterocycles. The van der Waals surface area contributed by atoms with Gasteiger partial charge in [0.05, 0.1) is 6.26 Å². The summed E-state index contributed by atoms with van der Waals surface area (Å²) in [7, 11) is -1.69. The van der Waals surface area contributed by atoms with Crippen molar-refractivity contribution in [1.29, 1.82) is 0 Å². The molecule has 1 saturated heterocycles. The van der Waals surface area contributed by atoms with Gasteiger partial charge in [-0.1, -0.05) is 30.3 Å². The zero-order valence-electron chi connectivity index (χ0n) is 15.7. The summed E-state index contributed by atoms with van der Waals surface area (Å²) in [4.78, 5) is 14.3. The summed E-state index contributed by atoms with van der Waals surface area (Å²) in [5, 5.41) is 0. The minimum Gasteiger partial charge on any atom is -0.385 e. The second kappa shape index (κ2) is 9.48. The fraction of sp³-hybridized carbons (Fsp3) is 0.632. The van der Waals surface area contributed by atoms with E-state index in [9.17, 15) is 13.2 Å². The van der Waals surface area contributed by atoms with E-state index in [2.05, 4.69) is 16.9 Å². The van der Waals surface area contributed by atoms with Gasteiger partial charge in [0.1, 0.15) is 0 Å². The van der Waals surface area contributed by atoms with Crippen LogP contribution in [0.3, 0.4) is 0 Å². The number of carbonyl (C=O) groups excluding carboxylic acids is 1. The molecule has 26 heavy (non-hydrogen) atoms. The van der Waals surface area contributed by atoms with E-state index in [4.69, 9.17) is 4.74 Å². The molecule has 6 nitrogen and oxygen atoms in total. The first-order valence-corrected chi connectivity index (χ1v) is 11.0. The van der Waals surface area contributed by atoms with Crippen molar-refractivity contribution < 1.29 is 17.9 Å². The van der Waals surface area contributed by atoms with E-state index < -0.39 is 15.6 Å². The molecular weight excluding hydrogens is 352 g/mol. The molecule has 0 unspecified atom stereocenters. The minimum atomic E-state index is -3.30. The molecular formula is C19H30N2O4S. The molecule has 1 aromatic carbocycles. The van der Waals surface area contributed by atoms with E-state index >= 15 is 0 Å². The van der Waals surface area contributed by atoms with Gasteiger partial charge in [-0.2, -0.15) is 0 Å². The number of sulfonamides is 1. The van der Waals surface area contributed by atoms with E-state index in [0.717, 1.165) is 12.8 Å². The number of likely N-dealkylation sites (tertiary alicyclic amines) is 1. The summed E-state index contributed by atoms with van der Waals surface area (Å²) in [6.45, 7) is 1.65. The molecule has 146 valence electrons. The lowest BCUT2D eigenvalue weighted by molar-refractivity contribution is -0.133. The Hall–Kier alpha value is -1.44. The lowest BCUT2D eigenvalue weighted by Crippen LogP contribution is -2.56. The summed E-state index contributed by atoms with van der Waals surface area (Å²) in [6, 6.07) is 10.2.